The van der Waals surface area contributed by atoms with Gasteiger partial charge in [0, 0.05) is 6.08 Å². The summed E-state index contributed by atoms with van der Waals surface area (Å²) in [6.45, 7) is 2.20. The van der Waals surface area contributed by atoms with Crippen LogP contribution in [-0.2, 0) is 9.53 Å². The fraction of sp³-hybridized carbons (Fsp3) is 0.182. The average Bonchev–Trinajstić information content (AvgIpc) is 2.17. The highest BCUT2D eigenvalue weighted by molar-refractivity contribution is 5.86. The van der Waals surface area contributed by atoms with Gasteiger partial charge in [0.25, 0.3) is 0 Å². The minimum atomic E-state index is -0.300. The lowest BCUT2D eigenvalue weighted by Gasteiger charge is -1.94. The molecule has 76 valence electrons. The Labute approximate surface area is 83.3 Å². The van der Waals surface area contributed by atoms with E-state index in [4.69, 9.17) is 4.74 Å². The minimum absolute atomic E-state index is 0. The molecule has 1 aromatic carbocycles. The Bertz CT molecular complexity index is 291. The summed E-state index contributed by atoms with van der Waals surface area (Å²) in [7, 11) is 0. The fourth-order valence-corrected chi connectivity index (χ4v) is 0.919. The van der Waals surface area contributed by atoms with Crippen LogP contribution in [0.3, 0.4) is 0 Å². The molecule has 0 aromatic heterocycles. The molecular formula is C11H14O3. The van der Waals surface area contributed by atoms with Crippen LogP contribution in [0.4, 0.5) is 0 Å². The molecule has 1 rings (SSSR count). The van der Waals surface area contributed by atoms with E-state index in [0.29, 0.717) is 6.61 Å². The largest absolute Gasteiger partial charge is 0.463 e. The molecule has 0 fully saturated rings. The molecule has 0 heterocycles. The van der Waals surface area contributed by atoms with Gasteiger partial charge in [-0.15, -0.1) is 0 Å². The molecule has 0 aliphatic carbocycles. The van der Waals surface area contributed by atoms with E-state index in [1.165, 1.54) is 6.08 Å². The Morgan fingerprint density at radius 3 is 2.57 bits per heavy atom. The molecule has 0 atom stereocenters. The van der Waals surface area contributed by atoms with Crippen LogP contribution in [0.5, 0.6) is 0 Å². The van der Waals surface area contributed by atoms with Gasteiger partial charge in [-0.2, -0.15) is 0 Å². The van der Waals surface area contributed by atoms with Crippen molar-refractivity contribution in [2.24, 2.45) is 0 Å². The van der Waals surface area contributed by atoms with Crippen LogP contribution < -0.4 is 0 Å². The van der Waals surface area contributed by atoms with E-state index in [1.54, 1.807) is 13.0 Å². The van der Waals surface area contributed by atoms with Gasteiger partial charge in [0.05, 0.1) is 6.61 Å². The number of esters is 1. The summed E-state index contributed by atoms with van der Waals surface area (Å²) in [5.74, 6) is -0.300. The molecule has 1 aromatic rings. The lowest BCUT2D eigenvalue weighted by atomic mass is 10.2. The summed E-state index contributed by atoms with van der Waals surface area (Å²) in [5, 5.41) is 0. The topological polar surface area (TPSA) is 57.8 Å². The Morgan fingerprint density at radius 1 is 1.36 bits per heavy atom. The minimum Gasteiger partial charge on any atom is -0.463 e. The molecule has 0 amide bonds. The summed E-state index contributed by atoms with van der Waals surface area (Å²) in [6.07, 6.45) is 3.16. The number of carbonyl (C=O) groups is 1. The maximum absolute atomic E-state index is 10.9. The second-order valence-electron chi connectivity index (χ2n) is 2.50. The van der Waals surface area contributed by atoms with Crippen molar-refractivity contribution in [1.82, 2.24) is 0 Å². The van der Waals surface area contributed by atoms with E-state index >= 15 is 0 Å². The van der Waals surface area contributed by atoms with Gasteiger partial charge in [0.1, 0.15) is 0 Å². The van der Waals surface area contributed by atoms with Gasteiger partial charge in [-0.1, -0.05) is 30.3 Å². The first kappa shape index (κ1) is 12.4. The van der Waals surface area contributed by atoms with Crippen LogP contribution >= 0.6 is 0 Å². The van der Waals surface area contributed by atoms with Crippen molar-refractivity contribution in [3.05, 3.63) is 42.0 Å². The summed E-state index contributed by atoms with van der Waals surface area (Å²) in [5.41, 5.74) is 0.996. The first-order valence-electron chi connectivity index (χ1n) is 4.23. The van der Waals surface area contributed by atoms with Crippen LogP contribution in [-0.4, -0.2) is 18.1 Å². The van der Waals surface area contributed by atoms with Gasteiger partial charge in [0.15, 0.2) is 0 Å². The first-order chi connectivity index (χ1) is 6.33. The predicted molar refractivity (Wildman–Crippen MR) is 55.7 cm³/mol. The van der Waals surface area contributed by atoms with Gasteiger partial charge in [-0.3, -0.25) is 0 Å². The quantitative estimate of drug-likeness (QED) is 0.540. The van der Waals surface area contributed by atoms with Crippen LogP contribution in [0.1, 0.15) is 12.5 Å². The summed E-state index contributed by atoms with van der Waals surface area (Å²) in [4.78, 5) is 10.9. The van der Waals surface area contributed by atoms with E-state index in [2.05, 4.69) is 0 Å². The van der Waals surface area contributed by atoms with Crippen molar-refractivity contribution >= 4 is 12.0 Å². The van der Waals surface area contributed by atoms with Gasteiger partial charge in [-0.05, 0) is 18.6 Å². The Balaban J connectivity index is 0.00000169. The Kier molecular flexibility index (Phi) is 6.07. The van der Waals surface area contributed by atoms with Crippen LogP contribution in [0.2, 0.25) is 0 Å². The maximum Gasteiger partial charge on any atom is 0.330 e. The lowest BCUT2D eigenvalue weighted by molar-refractivity contribution is -0.137. The van der Waals surface area contributed by atoms with Gasteiger partial charge < -0.3 is 10.2 Å². The molecule has 3 nitrogen and oxygen atoms in total. The first-order valence-corrected chi connectivity index (χ1v) is 4.23. The molecule has 0 bridgehead atoms. The summed E-state index contributed by atoms with van der Waals surface area (Å²) >= 11 is 0. The van der Waals surface area contributed by atoms with Crippen molar-refractivity contribution in [2.75, 3.05) is 6.61 Å². The zero-order valence-electron chi connectivity index (χ0n) is 8.07. The third kappa shape index (κ3) is 4.42. The molecule has 0 radical (unpaired) electrons. The van der Waals surface area contributed by atoms with E-state index in [0.717, 1.165) is 5.56 Å². The van der Waals surface area contributed by atoms with Crippen molar-refractivity contribution in [2.45, 2.75) is 6.92 Å². The predicted octanol–water partition coefficient (Wildman–Crippen LogP) is 1.44. The molecule has 0 unspecified atom stereocenters. The summed E-state index contributed by atoms with van der Waals surface area (Å²) in [6, 6.07) is 9.63. The molecule has 3 heteroatoms. The van der Waals surface area contributed by atoms with Crippen molar-refractivity contribution in [3.8, 4) is 0 Å². The van der Waals surface area contributed by atoms with Gasteiger partial charge in [0.2, 0.25) is 0 Å². The van der Waals surface area contributed by atoms with E-state index in [9.17, 15) is 4.79 Å². The zero-order chi connectivity index (χ0) is 9.52. The van der Waals surface area contributed by atoms with Crippen LogP contribution in [0.15, 0.2) is 36.4 Å². The van der Waals surface area contributed by atoms with E-state index in [1.807, 2.05) is 30.3 Å². The highest BCUT2D eigenvalue weighted by Crippen LogP contribution is 2.00. The average molecular weight is 194 g/mol. The monoisotopic (exact) mass is 194 g/mol. The zero-order valence-corrected chi connectivity index (χ0v) is 8.07. The molecule has 0 saturated heterocycles. The normalized spacial score (nSPS) is 9.50. The standard InChI is InChI=1S/C11H12O2.H2O/c1-2-13-11(12)9-8-10-6-4-3-5-7-10;/h3-9H,2H2,1H3;1H2. The number of carbonyl (C=O) groups excluding carboxylic acids is 1. The highest BCUT2D eigenvalue weighted by Gasteiger charge is 1.92. The molecule has 0 aliphatic rings. The number of rotatable bonds is 3. The third-order valence-corrected chi connectivity index (χ3v) is 1.50. The second-order valence-corrected chi connectivity index (χ2v) is 2.50. The lowest BCUT2D eigenvalue weighted by Crippen LogP contribution is -1.98. The van der Waals surface area contributed by atoms with Crippen LogP contribution in [0.25, 0.3) is 6.08 Å². The molecular weight excluding hydrogens is 180 g/mol. The summed E-state index contributed by atoms with van der Waals surface area (Å²) < 4.78 is 4.74. The second kappa shape index (κ2) is 6.86. The van der Waals surface area contributed by atoms with Gasteiger partial charge in [-0.25, -0.2) is 4.79 Å². The molecule has 0 aliphatic heterocycles. The smallest absolute Gasteiger partial charge is 0.330 e. The van der Waals surface area contributed by atoms with Gasteiger partial charge >= 0.3 is 5.97 Å². The molecule has 2 N–H and O–H groups in total. The van der Waals surface area contributed by atoms with E-state index < -0.39 is 0 Å². The molecule has 0 saturated carbocycles. The third-order valence-electron chi connectivity index (χ3n) is 1.50. The van der Waals surface area contributed by atoms with Crippen LogP contribution in [0, 0.1) is 0 Å². The number of benzene rings is 1. The number of hydrogen-bond acceptors (Lipinski definition) is 2. The Morgan fingerprint density at radius 2 is 2.00 bits per heavy atom. The number of ether oxygens (including phenoxy) is 1. The SMILES string of the molecule is CCOC(=O)C=Cc1ccccc1.O. The van der Waals surface area contributed by atoms with Crippen molar-refractivity contribution in [1.29, 1.82) is 0 Å². The van der Waals surface area contributed by atoms with Crippen molar-refractivity contribution in [3.63, 3.8) is 0 Å². The van der Waals surface area contributed by atoms with Crippen molar-refractivity contribution < 1.29 is 15.0 Å². The number of hydrogen-bond donors (Lipinski definition) is 0. The molecule has 0 spiro atoms. The highest BCUT2D eigenvalue weighted by atomic mass is 16.5. The Hall–Kier alpha value is -1.61. The fourth-order valence-electron chi connectivity index (χ4n) is 0.919. The maximum atomic E-state index is 10.9. The molecule has 14 heavy (non-hydrogen) atoms. The van der Waals surface area contributed by atoms with E-state index in [-0.39, 0.29) is 11.4 Å².